The van der Waals surface area contributed by atoms with E-state index in [0.29, 0.717) is 11.3 Å². The number of halogens is 1. The van der Waals surface area contributed by atoms with Crippen LogP contribution in [0.25, 0.3) is 0 Å². The first-order chi connectivity index (χ1) is 7.66. The van der Waals surface area contributed by atoms with Gasteiger partial charge in [0.25, 0.3) is 0 Å². The minimum atomic E-state index is 0.397. The molecule has 0 saturated heterocycles. The second kappa shape index (κ2) is 5.23. The third kappa shape index (κ3) is 2.79. The van der Waals surface area contributed by atoms with Crippen LogP contribution < -0.4 is 0 Å². The Labute approximate surface area is 104 Å². The Bertz CT molecular complexity index is 356. The number of rotatable bonds is 2. The van der Waals surface area contributed by atoms with Crippen LogP contribution >= 0.6 is 11.6 Å². The highest BCUT2D eigenvalue weighted by molar-refractivity contribution is 6.20. The van der Waals surface area contributed by atoms with E-state index < -0.39 is 0 Å². The van der Waals surface area contributed by atoms with Gasteiger partial charge in [-0.25, -0.2) is 0 Å². The van der Waals surface area contributed by atoms with Crippen LogP contribution in [0, 0.1) is 19.8 Å². The van der Waals surface area contributed by atoms with Crippen LogP contribution in [0.3, 0.4) is 0 Å². The lowest BCUT2D eigenvalue weighted by Gasteiger charge is -2.27. The third-order valence-electron chi connectivity index (χ3n) is 3.80. The summed E-state index contributed by atoms with van der Waals surface area (Å²) in [6, 6.07) is 6.75. The molecule has 2 atom stereocenters. The molecule has 0 radical (unpaired) electrons. The highest BCUT2D eigenvalue weighted by atomic mass is 35.5. The second-order valence-corrected chi connectivity index (χ2v) is 5.76. The van der Waals surface area contributed by atoms with Crippen molar-refractivity contribution in [3.63, 3.8) is 0 Å². The van der Waals surface area contributed by atoms with Crippen molar-refractivity contribution in [1.29, 1.82) is 0 Å². The lowest BCUT2D eigenvalue weighted by Crippen LogP contribution is -2.22. The summed E-state index contributed by atoms with van der Waals surface area (Å²) in [5, 5.41) is 0.397. The molecule has 1 aliphatic carbocycles. The van der Waals surface area contributed by atoms with Gasteiger partial charge in [0.2, 0.25) is 0 Å². The van der Waals surface area contributed by atoms with Crippen LogP contribution in [-0.2, 0) is 6.42 Å². The Morgan fingerprint density at radius 1 is 1.19 bits per heavy atom. The third-order valence-corrected chi connectivity index (χ3v) is 4.38. The molecule has 1 fully saturated rings. The monoisotopic (exact) mass is 236 g/mol. The van der Waals surface area contributed by atoms with Gasteiger partial charge in [0, 0.05) is 5.38 Å². The Morgan fingerprint density at radius 2 is 1.94 bits per heavy atom. The van der Waals surface area contributed by atoms with Crippen molar-refractivity contribution < 1.29 is 0 Å². The van der Waals surface area contributed by atoms with Crippen LogP contribution in [-0.4, -0.2) is 5.38 Å². The maximum absolute atomic E-state index is 6.42. The summed E-state index contributed by atoms with van der Waals surface area (Å²) in [5.74, 6) is 0.691. The Balaban J connectivity index is 2.10. The minimum absolute atomic E-state index is 0.397. The van der Waals surface area contributed by atoms with Crippen LogP contribution in [0.4, 0.5) is 0 Å². The summed E-state index contributed by atoms with van der Waals surface area (Å²) < 4.78 is 0. The van der Waals surface area contributed by atoms with E-state index in [9.17, 15) is 0 Å². The summed E-state index contributed by atoms with van der Waals surface area (Å²) >= 11 is 6.42. The van der Waals surface area contributed by atoms with Crippen molar-refractivity contribution in [2.45, 2.75) is 51.3 Å². The topological polar surface area (TPSA) is 0 Å². The summed E-state index contributed by atoms with van der Waals surface area (Å²) in [6.45, 7) is 4.38. The van der Waals surface area contributed by atoms with E-state index in [1.807, 2.05) is 0 Å². The van der Waals surface area contributed by atoms with E-state index in [2.05, 4.69) is 32.0 Å². The molecule has 2 rings (SSSR count). The van der Waals surface area contributed by atoms with Gasteiger partial charge in [-0.15, -0.1) is 11.6 Å². The van der Waals surface area contributed by atoms with Crippen molar-refractivity contribution in [2.24, 2.45) is 5.92 Å². The fourth-order valence-corrected chi connectivity index (χ4v) is 3.06. The highest BCUT2D eigenvalue weighted by Gasteiger charge is 2.23. The fourth-order valence-electron chi connectivity index (χ4n) is 2.69. The maximum atomic E-state index is 6.42. The molecule has 1 aromatic rings. The van der Waals surface area contributed by atoms with Gasteiger partial charge in [-0.1, -0.05) is 36.6 Å². The van der Waals surface area contributed by atoms with Crippen LogP contribution in [0.5, 0.6) is 0 Å². The quantitative estimate of drug-likeness (QED) is 0.656. The molecular formula is C15H21Cl. The molecule has 0 heterocycles. The fraction of sp³-hybridized carbons (Fsp3) is 0.600. The van der Waals surface area contributed by atoms with Crippen LogP contribution in [0.2, 0.25) is 0 Å². The van der Waals surface area contributed by atoms with E-state index in [1.165, 1.54) is 48.8 Å². The second-order valence-electron chi connectivity index (χ2n) is 5.19. The Morgan fingerprint density at radius 3 is 2.69 bits per heavy atom. The summed E-state index contributed by atoms with van der Waals surface area (Å²) in [4.78, 5) is 0. The molecule has 0 nitrogen and oxygen atoms in total. The molecule has 88 valence electrons. The Hall–Kier alpha value is -0.490. The zero-order valence-electron chi connectivity index (χ0n) is 10.3. The normalized spacial score (nSPS) is 25.7. The molecule has 2 unspecified atom stereocenters. The molecule has 0 amide bonds. The molecule has 1 aromatic carbocycles. The molecule has 0 aliphatic heterocycles. The lowest BCUT2D eigenvalue weighted by atomic mass is 9.83. The van der Waals surface area contributed by atoms with Gasteiger partial charge >= 0.3 is 0 Å². The van der Waals surface area contributed by atoms with E-state index in [-0.39, 0.29) is 0 Å². The van der Waals surface area contributed by atoms with E-state index in [1.54, 1.807) is 0 Å². The molecule has 16 heavy (non-hydrogen) atoms. The standard InChI is InChI=1S/C15H21Cl/c1-11-7-8-12(2)14(9-11)10-13-5-3-4-6-15(13)16/h7-9,13,15H,3-6,10H2,1-2H3. The zero-order chi connectivity index (χ0) is 11.5. The van der Waals surface area contributed by atoms with Gasteiger partial charge in [0.1, 0.15) is 0 Å². The molecule has 1 saturated carbocycles. The smallest absolute Gasteiger partial charge is 0.0367 e. The molecule has 0 N–H and O–H groups in total. The van der Waals surface area contributed by atoms with Crippen molar-refractivity contribution in [3.8, 4) is 0 Å². The average Bonchev–Trinajstić information content (AvgIpc) is 2.27. The lowest BCUT2D eigenvalue weighted by molar-refractivity contribution is 0.363. The molecule has 0 aromatic heterocycles. The Kier molecular flexibility index (Phi) is 3.91. The summed E-state index contributed by atoms with van der Waals surface area (Å²) in [7, 11) is 0. The molecule has 0 spiro atoms. The van der Waals surface area contributed by atoms with Gasteiger partial charge in [0.15, 0.2) is 0 Å². The predicted molar refractivity (Wildman–Crippen MR) is 71.2 cm³/mol. The van der Waals surface area contributed by atoms with Gasteiger partial charge in [-0.3, -0.25) is 0 Å². The SMILES string of the molecule is Cc1ccc(C)c(CC2CCCCC2Cl)c1. The van der Waals surface area contributed by atoms with Gasteiger partial charge in [-0.2, -0.15) is 0 Å². The summed E-state index contributed by atoms with van der Waals surface area (Å²) in [6.07, 6.45) is 6.36. The number of benzene rings is 1. The van der Waals surface area contributed by atoms with Crippen molar-refractivity contribution in [3.05, 3.63) is 34.9 Å². The van der Waals surface area contributed by atoms with Gasteiger partial charge < -0.3 is 0 Å². The van der Waals surface area contributed by atoms with Gasteiger partial charge in [-0.05, 0) is 50.2 Å². The first-order valence-corrected chi connectivity index (χ1v) is 6.80. The van der Waals surface area contributed by atoms with Crippen LogP contribution in [0.15, 0.2) is 18.2 Å². The first-order valence-electron chi connectivity index (χ1n) is 6.37. The molecule has 1 aliphatic rings. The minimum Gasteiger partial charge on any atom is -0.123 e. The predicted octanol–water partition coefficient (Wildman–Crippen LogP) is 4.64. The van der Waals surface area contributed by atoms with Crippen LogP contribution in [0.1, 0.15) is 42.4 Å². The van der Waals surface area contributed by atoms with Crippen molar-refractivity contribution in [1.82, 2.24) is 0 Å². The number of hydrogen-bond acceptors (Lipinski definition) is 0. The van der Waals surface area contributed by atoms with E-state index in [4.69, 9.17) is 11.6 Å². The van der Waals surface area contributed by atoms with E-state index in [0.717, 1.165) is 0 Å². The van der Waals surface area contributed by atoms with E-state index >= 15 is 0 Å². The van der Waals surface area contributed by atoms with Gasteiger partial charge in [0.05, 0.1) is 0 Å². The largest absolute Gasteiger partial charge is 0.123 e. The average molecular weight is 237 g/mol. The highest BCUT2D eigenvalue weighted by Crippen LogP contribution is 2.32. The molecule has 0 bridgehead atoms. The van der Waals surface area contributed by atoms with Crippen molar-refractivity contribution in [2.75, 3.05) is 0 Å². The maximum Gasteiger partial charge on any atom is 0.0367 e. The molecular weight excluding hydrogens is 216 g/mol. The number of alkyl halides is 1. The summed E-state index contributed by atoms with van der Waals surface area (Å²) in [5.41, 5.74) is 4.28. The zero-order valence-corrected chi connectivity index (χ0v) is 11.1. The molecule has 1 heteroatoms. The van der Waals surface area contributed by atoms with Crippen molar-refractivity contribution >= 4 is 11.6 Å². The number of hydrogen-bond donors (Lipinski definition) is 0. The number of aryl methyl sites for hydroxylation is 2. The first kappa shape index (κ1) is 12.0.